The summed E-state index contributed by atoms with van der Waals surface area (Å²) >= 11 is 1.61. The molecule has 0 spiro atoms. The van der Waals surface area contributed by atoms with Crippen molar-refractivity contribution in [3.63, 3.8) is 0 Å². The third-order valence-corrected chi connectivity index (χ3v) is 5.64. The van der Waals surface area contributed by atoms with Crippen molar-refractivity contribution >= 4 is 27.0 Å². The molecular formula is C14H18N2O3S2. The minimum Gasteiger partial charge on any atom is -0.495 e. The van der Waals surface area contributed by atoms with Crippen LogP contribution in [0.3, 0.4) is 0 Å². The highest BCUT2D eigenvalue weighted by Crippen LogP contribution is 2.24. The summed E-state index contributed by atoms with van der Waals surface area (Å²) in [6.07, 6.45) is 0.951. The van der Waals surface area contributed by atoms with Gasteiger partial charge < -0.3 is 10.5 Å². The third-order valence-electron chi connectivity index (χ3n) is 3.01. The van der Waals surface area contributed by atoms with E-state index in [1.807, 2.05) is 12.1 Å². The Balaban J connectivity index is 2.12. The topological polar surface area (TPSA) is 81.4 Å². The Morgan fingerprint density at radius 3 is 2.52 bits per heavy atom. The maximum atomic E-state index is 12.2. The molecule has 114 valence electrons. The predicted octanol–water partition coefficient (Wildman–Crippen LogP) is 2.38. The zero-order valence-corrected chi connectivity index (χ0v) is 13.6. The van der Waals surface area contributed by atoms with Crippen molar-refractivity contribution in [3.8, 4) is 5.75 Å². The van der Waals surface area contributed by atoms with E-state index in [0.717, 1.165) is 11.3 Å². The van der Waals surface area contributed by atoms with Crippen molar-refractivity contribution in [1.82, 2.24) is 4.72 Å². The predicted molar refractivity (Wildman–Crippen MR) is 85.1 cm³/mol. The van der Waals surface area contributed by atoms with Gasteiger partial charge in [0.15, 0.2) is 0 Å². The lowest BCUT2D eigenvalue weighted by Gasteiger charge is -2.09. The molecule has 21 heavy (non-hydrogen) atoms. The van der Waals surface area contributed by atoms with Gasteiger partial charge in [0.25, 0.3) is 0 Å². The fourth-order valence-corrected chi connectivity index (χ4v) is 3.87. The van der Waals surface area contributed by atoms with Crippen LogP contribution in [-0.4, -0.2) is 15.5 Å². The second-order valence-electron chi connectivity index (χ2n) is 4.45. The maximum absolute atomic E-state index is 12.2. The number of hydrogen-bond donors (Lipinski definition) is 2. The number of anilines is 1. The number of rotatable bonds is 6. The SMILES string of the molecule is CCc1ccc(CNS(=O)(=O)c2ccc(OC)c(N)c2)s1. The van der Waals surface area contributed by atoms with Crippen molar-refractivity contribution < 1.29 is 13.2 Å². The summed E-state index contributed by atoms with van der Waals surface area (Å²) in [5.41, 5.74) is 6.04. The van der Waals surface area contributed by atoms with Gasteiger partial charge in [0.05, 0.1) is 17.7 Å². The largest absolute Gasteiger partial charge is 0.495 e. The van der Waals surface area contributed by atoms with E-state index in [1.165, 1.54) is 24.1 Å². The molecule has 5 nitrogen and oxygen atoms in total. The zero-order chi connectivity index (χ0) is 15.5. The van der Waals surface area contributed by atoms with Crippen LogP contribution in [0.5, 0.6) is 5.75 Å². The summed E-state index contributed by atoms with van der Waals surface area (Å²) in [5.74, 6) is 0.458. The van der Waals surface area contributed by atoms with Gasteiger partial charge in [0.1, 0.15) is 5.75 Å². The highest BCUT2D eigenvalue weighted by atomic mass is 32.2. The molecule has 2 rings (SSSR count). The minimum absolute atomic E-state index is 0.132. The van der Waals surface area contributed by atoms with E-state index in [0.29, 0.717) is 11.4 Å². The Labute approximate surface area is 128 Å². The number of aryl methyl sites for hydroxylation is 1. The number of nitrogen functional groups attached to an aromatic ring is 1. The first kappa shape index (κ1) is 15.8. The Bertz CT molecular complexity index is 724. The Hall–Kier alpha value is -1.57. The van der Waals surface area contributed by atoms with Crippen molar-refractivity contribution in [3.05, 3.63) is 40.1 Å². The van der Waals surface area contributed by atoms with Gasteiger partial charge in [-0.1, -0.05) is 6.92 Å². The lowest BCUT2D eigenvalue weighted by molar-refractivity contribution is 0.416. The molecule has 0 saturated carbocycles. The molecular weight excluding hydrogens is 308 g/mol. The molecule has 0 atom stereocenters. The van der Waals surface area contributed by atoms with E-state index < -0.39 is 10.0 Å². The summed E-state index contributed by atoms with van der Waals surface area (Å²) in [5, 5.41) is 0. The zero-order valence-electron chi connectivity index (χ0n) is 11.9. The van der Waals surface area contributed by atoms with E-state index in [2.05, 4.69) is 11.6 Å². The summed E-state index contributed by atoms with van der Waals surface area (Å²) in [4.78, 5) is 2.35. The fourth-order valence-electron chi connectivity index (χ4n) is 1.84. The standard InChI is InChI=1S/C14H18N2O3S2/c1-3-10-4-5-11(20-10)9-16-21(17,18)12-6-7-14(19-2)13(15)8-12/h4-8,16H,3,9,15H2,1-2H3. The van der Waals surface area contributed by atoms with Crippen LogP contribution >= 0.6 is 11.3 Å². The van der Waals surface area contributed by atoms with Crippen LogP contribution in [-0.2, 0) is 23.0 Å². The Kier molecular flexibility index (Phi) is 4.87. The molecule has 0 fully saturated rings. The van der Waals surface area contributed by atoms with Gasteiger partial charge in [-0.25, -0.2) is 13.1 Å². The van der Waals surface area contributed by atoms with Gasteiger partial charge >= 0.3 is 0 Å². The van der Waals surface area contributed by atoms with E-state index >= 15 is 0 Å². The molecule has 7 heteroatoms. The monoisotopic (exact) mass is 326 g/mol. The molecule has 0 saturated heterocycles. The summed E-state index contributed by atoms with van der Waals surface area (Å²) in [6, 6.07) is 8.37. The van der Waals surface area contributed by atoms with Crippen molar-refractivity contribution in [2.75, 3.05) is 12.8 Å². The number of methoxy groups -OCH3 is 1. The molecule has 0 aliphatic heterocycles. The number of nitrogens with two attached hydrogens (primary N) is 1. The van der Waals surface area contributed by atoms with Gasteiger partial charge in [0.2, 0.25) is 10.0 Å². The van der Waals surface area contributed by atoms with Gasteiger partial charge in [-0.2, -0.15) is 0 Å². The van der Waals surface area contributed by atoms with Gasteiger partial charge in [0, 0.05) is 16.3 Å². The molecule has 0 aliphatic rings. The van der Waals surface area contributed by atoms with Crippen LogP contribution in [0.1, 0.15) is 16.7 Å². The van der Waals surface area contributed by atoms with Crippen LogP contribution in [0.2, 0.25) is 0 Å². The van der Waals surface area contributed by atoms with Crippen LogP contribution in [0.25, 0.3) is 0 Å². The first-order valence-corrected chi connectivity index (χ1v) is 8.77. The Morgan fingerprint density at radius 1 is 1.24 bits per heavy atom. The minimum atomic E-state index is -3.58. The van der Waals surface area contributed by atoms with Crippen LogP contribution < -0.4 is 15.2 Å². The lowest BCUT2D eigenvalue weighted by atomic mass is 10.3. The highest BCUT2D eigenvalue weighted by Gasteiger charge is 2.15. The van der Waals surface area contributed by atoms with Crippen LogP contribution in [0.15, 0.2) is 35.2 Å². The van der Waals surface area contributed by atoms with Crippen molar-refractivity contribution in [2.24, 2.45) is 0 Å². The molecule has 1 heterocycles. The first-order valence-electron chi connectivity index (χ1n) is 6.47. The number of benzene rings is 1. The first-order chi connectivity index (χ1) is 9.96. The average Bonchev–Trinajstić information content (AvgIpc) is 2.93. The molecule has 0 aliphatic carbocycles. The number of thiophene rings is 1. The molecule has 0 unspecified atom stereocenters. The highest BCUT2D eigenvalue weighted by molar-refractivity contribution is 7.89. The van der Waals surface area contributed by atoms with Crippen LogP contribution in [0.4, 0.5) is 5.69 Å². The number of ether oxygens (including phenoxy) is 1. The fraction of sp³-hybridized carbons (Fsp3) is 0.286. The van der Waals surface area contributed by atoms with E-state index in [4.69, 9.17) is 10.5 Å². The summed E-state index contributed by atoms with van der Waals surface area (Å²) in [7, 11) is -2.10. The molecule has 0 bridgehead atoms. The molecule has 0 radical (unpaired) electrons. The van der Waals surface area contributed by atoms with Crippen molar-refractivity contribution in [2.45, 2.75) is 24.8 Å². The van der Waals surface area contributed by atoms with E-state index in [1.54, 1.807) is 17.4 Å². The van der Waals surface area contributed by atoms with Gasteiger partial charge in [-0.15, -0.1) is 11.3 Å². The van der Waals surface area contributed by atoms with E-state index in [-0.39, 0.29) is 11.4 Å². The summed E-state index contributed by atoms with van der Waals surface area (Å²) < 4.78 is 32.1. The number of nitrogens with one attached hydrogen (secondary N) is 1. The van der Waals surface area contributed by atoms with Gasteiger partial charge in [-0.3, -0.25) is 0 Å². The quantitative estimate of drug-likeness (QED) is 0.799. The third kappa shape index (κ3) is 3.75. The molecule has 0 amide bonds. The second-order valence-corrected chi connectivity index (χ2v) is 7.47. The molecule has 3 N–H and O–H groups in total. The maximum Gasteiger partial charge on any atom is 0.240 e. The smallest absolute Gasteiger partial charge is 0.240 e. The van der Waals surface area contributed by atoms with E-state index in [9.17, 15) is 8.42 Å². The molecule has 1 aromatic heterocycles. The van der Waals surface area contributed by atoms with Gasteiger partial charge in [-0.05, 0) is 36.8 Å². The molecule has 2 aromatic rings. The number of sulfonamides is 1. The number of hydrogen-bond acceptors (Lipinski definition) is 5. The van der Waals surface area contributed by atoms with Crippen molar-refractivity contribution in [1.29, 1.82) is 0 Å². The lowest BCUT2D eigenvalue weighted by Crippen LogP contribution is -2.22. The van der Waals surface area contributed by atoms with Crippen LogP contribution in [0, 0.1) is 0 Å². The average molecular weight is 326 g/mol. The second kappa shape index (κ2) is 6.46. The Morgan fingerprint density at radius 2 is 1.95 bits per heavy atom. The normalized spacial score (nSPS) is 11.5. The molecule has 1 aromatic carbocycles. The summed E-state index contributed by atoms with van der Waals surface area (Å²) in [6.45, 7) is 2.35.